The van der Waals surface area contributed by atoms with Gasteiger partial charge in [0.1, 0.15) is 0 Å². The van der Waals surface area contributed by atoms with Gasteiger partial charge in [-0.25, -0.2) is 0 Å². The van der Waals surface area contributed by atoms with Gasteiger partial charge < -0.3 is 14.4 Å². The third-order valence-corrected chi connectivity index (χ3v) is 5.61. The van der Waals surface area contributed by atoms with Gasteiger partial charge in [0.25, 0.3) is 0 Å². The van der Waals surface area contributed by atoms with Gasteiger partial charge in [0.15, 0.2) is 0 Å². The lowest BCUT2D eigenvalue weighted by Gasteiger charge is -2.48. The molecule has 2 heterocycles. The molecule has 4 heteroatoms. The fourth-order valence-electron chi connectivity index (χ4n) is 4.05. The first-order valence-corrected chi connectivity index (χ1v) is 8.62. The molecule has 0 radical (unpaired) electrons. The minimum atomic E-state index is 0.251. The molecule has 0 aliphatic carbocycles. The summed E-state index contributed by atoms with van der Waals surface area (Å²) in [6.45, 7) is 4.14. The predicted molar refractivity (Wildman–Crippen MR) is 89.2 cm³/mol. The fraction of sp³-hybridized carbons (Fsp3) is 0.632. The van der Waals surface area contributed by atoms with E-state index in [0.717, 1.165) is 57.7 Å². The second-order valence-electron chi connectivity index (χ2n) is 6.88. The standard InChI is InChI=1S/C19H27NO3/c1-22-14-17-15-23-12-9-19(17)7-10-20(11-8-19)18(21)13-16-5-3-2-4-6-16/h2-6,17H,7-15H2,1H3. The molecule has 0 N–H and O–H groups in total. The molecule has 2 fully saturated rings. The van der Waals surface area contributed by atoms with Gasteiger partial charge >= 0.3 is 0 Å². The first kappa shape index (κ1) is 16.5. The number of methoxy groups -OCH3 is 1. The van der Waals surface area contributed by atoms with E-state index in [2.05, 4.69) is 0 Å². The van der Waals surface area contributed by atoms with Gasteiger partial charge in [0.05, 0.1) is 19.6 Å². The van der Waals surface area contributed by atoms with E-state index >= 15 is 0 Å². The number of likely N-dealkylation sites (tertiary alicyclic amines) is 1. The molecule has 0 saturated carbocycles. The van der Waals surface area contributed by atoms with Gasteiger partial charge in [-0.05, 0) is 30.2 Å². The number of hydrogen-bond donors (Lipinski definition) is 0. The van der Waals surface area contributed by atoms with E-state index in [1.165, 1.54) is 0 Å². The van der Waals surface area contributed by atoms with Crippen LogP contribution >= 0.6 is 0 Å². The van der Waals surface area contributed by atoms with Crippen LogP contribution in [0.25, 0.3) is 0 Å². The molecule has 1 aromatic rings. The Kier molecular flexibility index (Phi) is 5.34. The van der Waals surface area contributed by atoms with Crippen molar-refractivity contribution in [2.45, 2.75) is 25.7 Å². The third kappa shape index (κ3) is 3.75. The Morgan fingerprint density at radius 2 is 2.00 bits per heavy atom. The zero-order chi connectivity index (χ0) is 16.1. The van der Waals surface area contributed by atoms with E-state index < -0.39 is 0 Å². The molecule has 1 atom stereocenters. The molecular weight excluding hydrogens is 290 g/mol. The quantitative estimate of drug-likeness (QED) is 0.856. The number of benzene rings is 1. The van der Waals surface area contributed by atoms with Crippen molar-refractivity contribution >= 4 is 5.91 Å². The maximum Gasteiger partial charge on any atom is 0.226 e. The Balaban J connectivity index is 1.58. The van der Waals surface area contributed by atoms with Crippen molar-refractivity contribution in [3.8, 4) is 0 Å². The molecule has 0 aromatic heterocycles. The smallest absolute Gasteiger partial charge is 0.226 e. The number of carbonyl (C=O) groups excluding carboxylic acids is 1. The van der Waals surface area contributed by atoms with E-state index in [0.29, 0.717) is 17.8 Å². The van der Waals surface area contributed by atoms with Crippen LogP contribution in [0.15, 0.2) is 30.3 Å². The summed E-state index contributed by atoms with van der Waals surface area (Å²) in [4.78, 5) is 14.6. The topological polar surface area (TPSA) is 38.8 Å². The number of amides is 1. The van der Waals surface area contributed by atoms with Crippen molar-refractivity contribution < 1.29 is 14.3 Å². The van der Waals surface area contributed by atoms with Crippen LogP contribution in [0.2, 0.25) is 0 Å². The largest absolute Gasteiger partial charge is 0.384 e. The molecule has 2 aliphatic heterocycles. The molecule has 2 aliphatic rings. The summed E-state index contributed by atoms with van der Waals surface area (Å²) in [5.74, 6) is 0.717. The molecule has 0 bridgehead atoms. The Morgan fingerprint density at radius 1 is 1.26 bits per heavy atom. The highest BCUT2D eigenvalue weighted by atomic mass is 16.5. The highest BCUT2D eigenvalue weighted by molar-refractivity contribution is 5.78. The molecular formula is C19H27NO3. The molecule has 1 unspecified atom stereocenters. The van der Waals surface area contributed by atoms with Gasteiger partial charge in [-0.1, -0.05) is 30.3 Å². The SMILES string of the molecule is COCC1COCCC12CCN(C(=O)Cc1ccccc1)CC2. The van der Waals surface area contributed by atoms with E-state index in [4.69, 9.17) is 9.47 Å². The highest BCUT2D eigenvalue weighted by Gasteiger charge is 2.43. The Hall–Kier alpha value is -1.39. The zero-order valence-corrected chi connectivity index (χ0v) is 14.0. The summed E-state index contributed by atoms with van der Waals surface area (Å²) in [6, 6.07) is 10.0. The summed E-state index contributed by atoms with van der Waals surface area (Å²) in [5.41, 5.74) is 1.40. The first-order chi connectivity index (χ1) is 11.2. The Bertz CT molecular complexity index is 507. The van der Waals surface area contributed by atoms with Crippen LogP contribution in [0, 0.1) is 11.3 Å². The van der Waals surface area contributed by atoms with Crippen LogP contribution in [0.4, 0.5) is 0 Å². The van der Waals surface area contributed by atoms with Crippen molar-refractivity contribution in [2.75, 3.05) is 40.0 Å². The first-order valence-electron chi connectivity index (χ1n) is 8.62. The Morgan fingerprint density at radius 3 is 2.70 bits per heavy atom. The van der Waals surface area contributed by atoms with Crippen LogP contribution < -0.4 is 0 Å². The molecule has 1 aromatic carbocycles. The van der Waals surface area contributed by atoms with Crippen molar-refractivity contribution in [1.82, 2.24) is 4.90 Å². The van der Waals surface area contributed by atoms with E-state index in [9.17, 15) is 4.79 Å². The van der Waals surface area contributed by atoms with Crippen LogP contribution in [-0.2, 0) is 20.7 Å². The summed E-state index contributed by atoms with van der Waals surface area (Å²) < 4.78 is 11.1. The Labute approximate surface area is 138 Å². The molecule has 126 valence electrons. The normalized spacial score (nSPS) is 23.9. The fourth-order valence-corrected chi connectivity index (χ4v) is 4.05. The van der Waals surface area contributed by atoms with E-state index in [-0.39, 0.29) is 5.91 Å². The van der Waals surface area contributed by atoms with E-state index in [1.54, 1.807) is 7.11 Å². The monoisotopic (exact) mass is 317 g/mol. The van der Waals surface area contributed by atoms with Crippen molar-refractivity contribution in [3.05, 3.63) is 35.9 Å². The minimum absolute atomic E-state index is 0.251. The maximum atomic E-state index is 12.5. The number of piperidine rings is 1. The molecule has 1 amide bonds. The summed E-state index contributed by atoms with van der Waals surface area (Å²) in [7, 11) is 1.76. The summed E-state index contributed by atoms with van der Waals surface area (Å²) in [6.07, 6.45) is 3.76. The van der Waals surface area contributed by atoms with Gasteiger partial charge in [-0.15, -0.1) is 0 Å². The van der Waals surface area contributed by atoms with Crippen molar-refractivity contribution in [3.63, 3.8) is 0 Å². The second kappa shape index (κ2) is 7.45. The lowest BCUT2D eigenvalue weighted by atomic mass is 9.66. The molecule has 1 spiro atoms. The van der Waals surface area contributed by atoms with Crippen LogP contribution in [0.1, 0.15) is 24.8 Å². The summed E-state index contributed by atoms with van der Waals surface area (Å²) in [5, 5.41) is 0. The summed E-state index contributed by atoms with van der Waals surface area (Å²) >= 11 is 0. The average molecular weight is 317 g/mol. The second-order valence-corrected chi connectivity index (χ2v) is 6.88. The third-order valence-electron chi connectivity index (χ3n) is 5.61. The predicted octanol–water partition coefficient (Wildman–Crippen LogP) is 2.52. The number of ether oxygens (including phenoxy) is 2. The number of nitrogens with zero attached hydrogens (tertiary/aromatic N) is 1. The number of hydrogen-bond acceptors (Lipinski definition) is 3. The molecule has 2 saturated heterocycles. The van der Waals surface area contributed by atoms with Crippen LogP contribution in [0.3, 0.4) is 0 Å². The van der Waals surface area contributed by atoms with Gasteiger partial charge in [0.2, 0.25) is 5.91 Å². The average Bonchev–Trinajstić information content (AvgIpc) is 2.59. The lowest BCUT2D eigenvalue weighted by molar-refractivity contribution is -0.137. The number of rotatable bonds is 4. The number of carbonyl (C=O) groups is 1. The van der Waals surface area contributed by atoms with Crippen LogP contribution in [0.5, 0.6) is 0 Å². The minimum Gasteiger partial charge on any atom is -0.384 e. The van der Waals surface area contributed by atoms with Gasteiger partial charge in [-0.2, -0.15) is 0 Å². The maximum absolute atomic E-state index is 12.5. The molecule has 3 rings (SSSR count). The molecule has 23 heavy (non-hydrogen) atoms. The van der Waals surface area contributed by atoms with Crippen molar-refractivity contribution in [1.29, 1.82) is 0 Å². The highest BCUT2D eigenvalue weighted by Crippen LogP contribution is 2.44. The van der Waals surface area contributed by atoms with Crippen molar-refractivity contribution in [2.24, 2.45) is 11.3 Å². The van der Waals surface area contributed by atoms with Gasteiger partial charge in [-0.3, -0.25) is 4.79 Å². The molecule has 4 nitrogen and oxygen atoms in total. The zero-order valence-electron chi connectivity index (χ0n) is 14.0. The lowest BCUT2D eigenvalue weighted by Crippen LogP contribution is -2.50. The van der Waals surface area contributed by atoms with Crippen LogP contribution in [-0.4, -0.2) is 50.8 Å². The van der Waals surface area contributed by atoms with E-state index in [1.807, 2.05) is 35.2 Å². The van der Waals surface area contributed by atoms with Gasteiger partial charge in [0, 0.05) is 32.7 Å².